The van der Waals surface area contributed by atoms with Crippen LogP contribution in [0.25, 0.3) is 0 Å². The van der Waals surface area contributed by atoms with E-state index in [2.05, 4.69) is 6.92 Å². The van der Waals surface area contributed by atoms with Crippen LogP contribution in [0.5, 0.6) is 0 Å². The summed E-state index contributed by atoms with van der Waals surface area (Å²) in [7, 11) is 0. The van der Waals surface area contributed by atoms with Gasteiger partial charge in [0.05, 0.1) is 9.75 Å². The molecular formula is C11H12BrNOS2. The van der Waals surface area contributed by atoms with Crippen molar-refractivity contribution >= 4 is 28.5 Å². The van der Waals surface area contributed by atoms with Crippen LogP contribution < -0.4 is 21.5 Å². The van der Waals surface area contributed by atoms with Crippen molar-refractivity contribution in [1.29, 1.82) is 0 Å². The van der Waals surface area contributed by atoms with Crippen molar-refractivity contribution in [1.82, 2.24) is 0 Å². The van der Waals surface area contributed by atoms with E-state index >= 15 is 0 Å². The van der Waals surface area contributed by atoms with Crippen molar-refractivity contribution in [2.45, 2.75) is 20.4 Å². The smallest absolute Gasteiger partial charge is 0.237 e. The molecule has 5 heteroatoms. The highest BCUT2D eigenvalue weighted by Gasteiger charge is 2.17. The number of ketones is 1. The minimum atomic E-state index is 0. The fraction of sp³-hybridized carbons (Fsp3) is 0.273. The lowest BCUT2D eigenvalue weighted by atomic mass is 10.3. The van der Waals surface area contributed by atoms with Gasteiger partial charge in [0.25, 0.3) is 0 Å². The Balaban J connectivity index is 0.00000128. The molecule has 0 bridgehead atoms. The highest BCUT2D eigenvalue weighted by atomic mass is 79.9. The average Bonchev–Trinajstić information content (AvgIpc) is 2.83. The van der Waals surface area contributed by atoms with E-state index < -0.39 is 0 Å². The molecule has 0 N–H and O–H groups in total. The highest BCUT2D eigenvalue weighted by molar-refractivity contribution is 7.12. The maximum atomic E-state index is 11.8. The number of nitrogens with zero attached hydrogens (tertiary/aromatic N) is 1. The van der Waals surface area contributed by atoms with Gasteiger partial charge in [-0.15, -0.1) is 11.3 Å². The van der Waals surface area contributed by atoms with Crippen molar-refractivity contribution in [3.05, 3.63) is 38.5 Å². The summed E-state index contributed by atoms with van der Waals surface area (Å²) in [5.74, 6) is 0.191. The molecule has 0 radical (unpaired) electrons. The summed E-state index contributed by atoms with van der Waals surface area (Å²) < 4.78 is 2.02. The minimum Gasteiger partial charge on any atom is -1.00 e. The zero-order valence-electron chi connectivity index (χ0n) is 9.07. The molecule has 0 unspecified atom stereocenters. The van der Waals surface area contributed by atoms with Crippen LogP contribution in [0.3, 0.4) is 0 Å². The van der Waals surface area contributed by atoms with Crippen LogP contribution in [0, 0.1) is 13.8 Å². The van der Waals surface area contributed by atoms with Gasteiger partial charge in [-0.25, -0.2) is 0 Å². The lowest BCUT2D eigenvalue weighted by Gasteiger charge is -1.93. The molecule has 0 amide bonds. The molecule has 0 aliphatic carbocycles. The Labute approximate surface area is 113 Å². The van der Waals surface area contributed by atoms with Gasteiger partial charge in [-0.05, 0) is 18.4 Å². The van der Waals surface area contributed by atoms with E-state index in [9.17, 15) is 4.79 Å². The highest BCUT2D eigenvalue weighted by Crippen LogP contribution is 2.11. The number of rotatable bonds is 3. The number of hydrogen-bond acceptors (Lipinski definition) is 3. The summed E-state index contributed by atoms with van der Waals surface area (Å²) in [6, 6.07) is 3.79. The Kier molecular flexibility index (Phi) is 4.83. The monoisotopic (exact) mass is 317 g/mol. The first-order chi connectivity index (χ1) is 7.18. The third-order valence-electron chi connectivity index (χ3n) is 2.41. The predicted molar refractivity (Wildman–Crippen MR) is 62.6 cm³/mol. The topological polar surface area (TPSA) is 20.9 Å². The maximum Gasteiger partial charge on any atom is 0.237 e. The Morgan fingerprint density at radius 3 is 2.62 bits per heavy atom. The largest absolute Gasteiger partial charge is 1.00 e. The van der Waals surface area contributed by atoms with Crippen LogP contribution >= 0.6 is 22.7 Å². The van der Waals surface area contributed by atoms with Crippen LogP contribution in [0.15, 0.2) is 23.0 Å². The van der Waals surface area contributed by atoms with Crippen LogP contribution in [0.2, 0.25) is 0 Å². The van der Waals surface area contributed by atoms with Crippen LogP contribution in [0.4, 0.5) is 0 Å². The van der Waals surface area contributed by atoms with E-state index in [1.54, 1.807) is 11.3 Å². The number of Topliss-reactive ketones (excluding diaryl/α,β-unsaturated/α-hetero) is 1. The number of halogens is 1. The molecule has 2 heterocycles. The Morgan fingerprint density at radius 1 is 1.38 bits per heavy atom. The van der Waals surface area contributed by atoms with Crippen molar-refractivity contribution in [3.63, 3.8) is 0 Å². The Hall–Kier alpha value is -0.520. The Bertz CT molecular complexity index is 476. The number of carbonyl (C=O) groups excluding carboxylic acids is 1. The van der Waals surface area contributed by atoms with Gasteiger partial charge in [-0.2, -0.15) is 4.57 Å². The summed E-state index contributed by atoms with van der Waals surface area (Å²) in [5, 5.41) is 1.93. The first-order valence-corrected chi connectivity index (χ1v) is 6.45. The molecule has 2 aromatic rings. The van der Waals surface area contributed by atoms with Crippen molar-refractivity contribution in [2.24, 2.45) is 0 Å². The van der Waals surface area contributed by atoms with Crippen LogP contribution in [-0.2, 0) is 6.54 Å². The number of aryl methyl sites for hydroxylation is 1. The van der Waals surface area contributed by atoms with Crippen molar-refractivity contribution in [3.8, 4) is 0 Å². The lowest BCUT2D eigenvalue weighted by Crippen LogP contribution is -3.00. The van der Waals surface area contributed by atoms with E-state index in [4.69, 9.17) is 0 Å². The SMILES string of the molecule is Cc1sc[n+](CC(=O)c2cccs2)c1C.[Br-]. The van der Waals surface area contributed by atoms with Gasteiger partial charge in [-0.3, -0.25) is 4.79 Å². The van der Waals surface area contributed by atoms with Crippen molar-refractivity contribution in [2.75, 3.05) is 0 Å². The van der Waals surface area contributed by atoms with E-state index in [1.165, 1.54) is 21.9 Å². The molecule has 2 aromatic heterocycles. The third kappa shape index (κ3) is 2.78. The molecule has 0 spiro atoms. The molecule has 0 aliphatic rings. The minimum absolute atomic E-state index is 0. The maximum absolute atomic E-state index is 11.8. The van der Waals surface area contributed by atoms with Gasteiger partial charge in [0.2, 0.25) is 17.8 Å². The first kappa shape index (κ1) is 13.5. The number of thiophene rings is 1. The molecule has 0 saturated carbocycles. The fourth-order valence-corrected chi connectivity index (χ4v) is 2.80. The quantitative estimate of drug-likeness (QED) is 0.557. The molecule has 0 aliphatic heterocycles. The Morgan fingerprint density at radius 2 is 2.12 bits per heavy atom. The summed E-state index contributed by atoms with van der Waals surface area (Å²) in [6.07, 6.45) is 0. The van der Waals surface area contributed by atoms with Crippen molar-refractivity contribution < 1.29 is 26.3 Å². The van der Waals surface area contributed by atoms with Gasteiger partial charge in [0, 0.05) is 6.92 Å². The number of thiazole rings is 1. The molecule has 0 aromatic carbocycles. The molecule has 0 fully saturated rings. The summed E-state index contributed by atoms with van der Waals surface area (Å²) in [6.45, 7) is 4.58. The second kappa shape index (κ2) is 5.70. The van der Waals surface area contributed by atoms with Gasteiger partial charge in [0.15, 0.2) is 5.69 Å². The lowest BCUT2D eigenvalue weighted by molar-refractivity contribution is -0.684. The zero-order valence-corrected chi connectivity index (χ0v) is 12.3. The van der Waals surface area contributed by atoms with Crippen LogP contribution in [0.1, 0.15) is 20.2 Å². The molecule has 0 saturated heterocycles. The van der Waals surface area contributed by atoms with Gasteiger partial charge in [0.1, 0.15) is 0 Å². The molecule has 16 heavy (non-hydrogen) atoms. The summed E-state index contributed by atoms with van der Waals surface area (Å²) in [5.41, 5.74) is 3.20. The molecule has 86 valence electrons. The van der Waals surface area contributed by atoms with Gasteiger partial charge < -0.3 is 17.0 Å². The van der Waals surface area contributed by atoms with E-state index in [1.807, 2.05) is 34.5 Å². The third-order valence-corrected chi connectivity index (χ3v) is 4.33. The average molecular weight is 318 g/mol. The molecule has 2 nitrogen and oxygen atoms in total. The van der Waals surface area contributed by atoms with Gasteiger partial charge in [-0.1, -0.05) is 17.4 Å². The predicted octanol–water partition coefficient (Wildman–Crippen LogP) is -0.399. The zero-order chi connectivity index (χ0) is 10.8. The normalized spacial score (nSPS) is 9.88. The standard InChI is InChI=1S/C11H12NOS2.BrH/c1-8-9(2)15-7-12(8)6-10(13)11-4-3-5-14-11;/h3-5,7H,6H2,1-2H3;1H/q+1;/p-1. The van der Waals surface area contributed by atoms with Crippen LogP contribution in [-0.4, -0.2) is 5.78 Å². The second-order valence-corrected chi connectivity index (χ2v) is 5.40. The number of carbonyl (C=O) groups is 1. The van der Waals surface area contributed by atoms with E-state index in [0.29, 0.717) is 6.54 Å². The number of aromatic nitrogens is 1. The van der Waals surface area contributed by atoms with Gasteiger partial charge >= 0.3 is 0 Å². The second-order valence-electron chi connectivity index (χ2n) is 3.39. The first-order valence-electron chi connectivity index (χ1n) is 4.69. The molecule has 2 rings (SSSR count). The fourth-order valence-electron chi connectivity index (χ4n) is 1.33. The van der Waals surface area contributed by atoms with E-state index in [-0.39, 0.29) is 22.8 Å². The number of hydrogen-bond donors (Lipinski definition) is 0. The van der Waals surface area contributed by atoms with E-state index in [0.717, 1.165) is 4.88 Å². The molecule has 0 atom stereocenters. The summed E-state index contributed by atoms with van der Waals surface area (Å²) in [4.78, 5) is 13.9. The molecular weight excluding hydrogens is 306 g/mol. The summed E-state index contributed by atoms with van der Waals surface area (Å²) >= 11 is 3.19.